The Bertz CT molecular complexity index is 514. The highest BCUT2D eigenvalue weighted by atomic mass is 16.2. The molecule has 4 fully saturated rings. The molecular formula is C16H24N4O2. The highest BCUT2D eigenvalue weighted by Gasteiger charge is 2.39. The third-order valence-electron chi connectivity index (χ3n) is 5.46. The topological polar surface area (TPSA) is 65.0 Å². The fourth-order valence-corrected chi connectivity index (χ4v) is 4.01. The van der Waals surface area contributed by atoms with Gasteiger partial charge in [-0.2, -0.15) is 5.10 Å². The van der Waals surface area contributed by atoms with Crippen LogP contribution in [-0.4, -0.2) is 59.5 Å². The first-order chi connectivity index (χ1) is 10.7. The molecule has 22 heavy (non-hydrogen) atoms. The monoisotopic (exact) mass is 304 g/mol. The normalized spacial score (nSPS) is 32.5. The van der Waals surface area contributed by atoms with Crippen LogP contribution in [0.1, 0.15) is 38.5 Å². The molecule has 1 N–H and O–H groups in total. The van der Waals surface area contributed by atoms with Gasteiger partial charge in [0.25, 0.3) is 5.91 Å². The van der Waals surface area contributed by atoms with Crippen molar-refractivity contribution in [2.75, 3.05) is 26.2 Å². The number of hydrazone groups is 1. The van der Waals surface area contributed by atoms with Crippen LogP contribution in [0.15, 0.2) is 5.10 Å². The first-order valence-electron chi connectivity index (χ1n) is 8.58. The Balaban J connectivity index is 1.44. The standard InChI is InChI=1S/C16H24N4O2/c21-15-6-5-14(17-18-15)16(22)20-9-12-3-4-13(10-20)19(8-12)7-11-1-2-11/h11-13H,1-10H2,(H,18,21)/t12-,13-/m1/s1. The molecule has 5 rings (SSSR count). The highest BCUT2D eigenvalue weighted by Crippen LogP contribution is 2.34. The third kappa shape index (κ3) is 2.89. The van der Waals surface area contributed by atoms with Gasteiger partial charge in [0.05, 0.1) is 0 Å². The number of nitrogens with one attached hydrogen (secondary N) is 1. The molecule has 1 saturated carbocycles. The zero-order valence-electron chi connectivity index (χ0n) is 13.0. The molecule has 5 aliphatic rings. The van der Waals surface area contributed by atoms with Crippen molar-refractivity contribution in [2.45, 2.75) is 44.6 Å². The largest absolute Gasteiger partial charge is 0.336 e. The smallest absolute Gasteiger partial charge is 0.270 e. The van der Waals surface area contributed by atoms with Crippen LogP contribution in [0, 0.1) is 11.8 Å². The summed E-state index contributed by atoms with van der Waals surface area (Å²) in [6.07, 6.45) is 6.06. The maximum Gasteiger partial charge on any atom is 0.270 e. The van der Waals surface area contributed by atoms with E-state index in [0.717, 1.165) is 25.6 Å². The van der Waals surface area contributed by atoms with Crippen molar-refractivity contribution in [1.29, 1.82) is 0 Å². The van der Waals surface area contributed by atoms with Crippen LogP contribution in [-0.2, 0) is 9.59 Å². The average molecular weight is 304 g/mol. The number of carbonyl (C=O) groups excluding carboxylic acids is 2. The molecule has 2 atom stereocenters. The lowest BCUT2D eigenvalue weighted by Crippen LogP contribution is -2.46. The molecule has 0 aromatic carbocycles. The van der Waals surface area contributed by atoms with Gasteiger partial charge in [0, 0.05) is 45.1 Å². The van der Waals surface area contributed by atoms with Crippen LogP contribution in [0.5, 0.6) is 0 Å². The summed E-state index contributed by atoms with van der Waals surface area (Å²) >= 11 is 0. The number of hydrogen-bond donors (Lipinski definition) is 1. The predicted octanol–water partition coefficient (Wildman–Crippen LogP) is 0.585. The fraction of sp³-hybridized carbons (Fsp3) is 0.812. The molecule has 4 aliphatic heterocycles. The minimum atomic E-state index is -0.0944. The number of fused-ring (bicyclic) bond motifs is 4. The van der Waals surface area contributed by atoms with Crippen molar-refractivity contribution in [3.05, 3.63) is 0 Å². The summed E-state index contributed by atoms with van der Waals surface area (Å²) in [5.41, 5.74) is 2.96. The molecule has 2 amide bonds. The number of hydrogen-bond acceptors (Lipinski definition) is 4. The Labute approximate surface area is 130 Å². The van der Waals surface area contributed by atoms with Crippen molar-refractivity contribution in [2.24, 2.45) is 16.9 Å². The van der Waals surface area contributed by atoms with E-state index in [1.165, 1.54) is 32.2 Å². The van der Waals surface area contributed by atoms with Gasteiger partial charge in [0.2, 0.25) is 5.91 Å². The second-order valence-corrected chi connectivity index (χ2v) is 7.30. The van der Waals surface area contributed by atoms with Gasteiger partial charge in [0.1, 0.15) is 5.71 Å². The summed E-state index contributed by atoms with van der Waals surface area (Å²) < 4.78 is 0. The number of carbonyl (C=O) groups is 2. The van der Waals surface area contributed by atoms with Gasteiger partial charge in [-0.05, 0) is 37.5 Å². The zero-order valence-corrected chi connectivity index (χ0v) is 13.0. The van der Waals surface area contributed by atoms with Crippen LogP contribution in [0.25, 0.3) is 0 Å². The summed E-state index contributed by atoms with van der Waals surface area (Å²) in [7, 11) is 0. The second kappa shape index (κ2) is 5.65. The van der Waals surface area contributed by atoms with E-state index >= 15 is 0 Å². The molecule has 120 valence electrons. The van der Waals surface area contributed by atoms with Gasteiger partial charge in [-0.25, -0.2) is 5.43 Å². The maximum absolute atomic E-state index is 12.7. The van der Waals surface area contributed by atoms with E-state index < -0.39 is 0 Å². The minimum Gasteiger partial charge on any atom is -0.336 e. The summed E-state index contributed by atoms with van der Waals surface area (Å²) in [5, 5.41) is 3.98. The SMILES string of the molecule is O=C1CCC(C(=O)N2C[C@@H]3CC[C@H](C2)N(CC2CC2)C3)=NN1. The van der Waals surface area contributed by atoms with Crippen molar-refractivity contribution >= 4 is 17.5 Å². The molecule has 4 heterocycles. The van der Waals surface area contributed by atoms with Crippen LogP contribution in [0.2, 0.25) is 0 Å². The summed E-state index contributed by atoms with van der Waals surface area (Å²) in [6, 6.07) is 0.516. The van der Waals surface area contributed by atoms with Crippen LogP contribution in [0.3, 0.4) is 0 Å². The molecule has 0 unspecified atom stereocenters. The van der Waals surface area contributed by atoms with Gasteiger partial charge in [-0.15, -0.1) is 0 Å². The Kier molecular flexibility index (Phi) is 3.64. The first-order valence-corrected chi connectivity index (χ1v) is 8.58. The summed E-state index contributed by atoms with van der Waals surface area (Å²) in [4.78, 5) is 28.5. The van der Waals surface area contributed by atoms with E-state index in [1.807, 2.05) is 4.90 Å². The van der Waals surface area contributed by atoms with E-state index in [9.17, 15) is 9.59 Å². The van der Waals surface area contributed by atoms with Crippen molar-refractivity contribution < 1.29 is 9.59 Å². The van der Waals surface area contributed by atoms with Crippen molar-refractivity contribution in [3.8, 4) is 0 Å². The van der Waals surface area contributed by atoms with Crippen LogP contribution < -0.4 is 5.43 Å². The van der Waals surface area contributed by atoms with Crippen molar-refractivity contribution in [3.63, 3.8) is 0 Å². The Hall–Kier alpha value is -1.43. The van der Waals surface area contributed by atoms with Gasteiger partial charge >= 0.3 is 0 Å². The molecule has 0 aromatic rings. The van der Waals surface area contributed by atoms with Crippen molar-refractivity contribution in [1.82, 2.24) is 15.2 Å². The molecule has 6 nitrogen and oxygen atoms in total. The van der Waals surface area contributed by atoms with E-state index in [-0.39, 0.29) is 11.8 Å². The second-order valence-electron chi connectivity index (χ2n) is 7.30. The summed E-state index contributed by atoms with van der Waals surface area (Å²) in [6.45, 7) is 4.05. The Morgan fingerprint density at radius 3 is 2.73 bits per heavy atom. The highest BCUT2D eigenvalue weighted by molar-refractivity contribution is 6.39. The van der Waals surface area contributed by atoms with E-state index in [1.54, 1.807) is 0 Å². The summed E-state index contributed by atoms with van der Waals surface area (Å²) in [5.74, 6) is 1.44. The minimum absolute atomic E-state index is 0.0326. The van der Waals surface area contributed by atoms with Crippen LogP contribution in [0.4, 0.5) is 0 Å². The van der Waals surface area contributed by atoms with Gasteiger partial charge in [-0.3, -0.25) is 14.5 Å². The molecule has 0 spiro atoms. The number of nitrogens with zero attached hydrogens (tertiary/aromatic N) is 3. The number of amides is 2. The van der Waals surface area contributed by atoms with E-state index in [4.69, 9.17) is 0 Å². The third-order valence-corrected chi connectivity index (χ3v) is 5.46. The lowest BCUT2D eigenvalue weighted by Gasteiger charge is -2.36. The number of piperidine rings is 1. The average Bonchev–Trinajstić information content (AvgIpc) is 3.35. The molecule has 6 heteroatoms. The number of rotatable bonds is 3. The Morgan fingerprint density at radius 1 is 1.14 bits per heavy atom. The predicted molar refractivity (Wildman–Crippen MR) is 82.2 cm³/mol. The lowest BCUT2D eigenvalue weighted by atomic mass is 9.95. The van der Waals surface area contributed by atoms with Gasteiger partial charge in [0.15, 0.2) is 0 Å². The Morgan fingerprint density at radius 2 is 2.00 bits per heavy atom. The molecular weight excluding hydrogens is 280 g/mol. The molecule has 2 bridgehead atoms. The maximum atomic E-state index is 12.7. The van der Waals surface area contributed by atoms with E-state index in [2.05, 4.69) is 15.4 Å². The molecule has 0 radical (unpaired) electrons. The van der Waals surface area contributed by atoms with Gasteiger partial charge in [-0.1, -0.05) is 0 Å². The van der Waals surface area contributed by atoms with E-state index in [0.29, 0.717) is 30.5 Å². The molecule has 3 saturated heterocycles. The van der Waals surface area contributed by atoms with Gasteiger partial charge < -0.3 is 4.90 Å². The van der Waals surface area contributed by atoms with Crippen LogP contribution >= 0.6 is 0 Å². The fourth-order valence-electron chi connectivity index (χ4n) is 4.01. The zero-order chi connectivity index (χ0) is 15.1. The lowest BCUT2D eigenvalue weighted by molar-refractivity contribution is -0.125. The quantitative estimate of drug-likeness (QED) is 0.830. The molecule has 0 aromatic heterocycles. The first kappa shape index (κ1) is 14.2. The molecule has 1 aliphatic carbocycles.